The standard InChI is InChI=1S/C16H19N3O2S/c17-14-12(16(20)19-5-7-21-8-6-19)9-11-10-3-1-2-4-13(10)22-15(11)18-14/h9H,1-8H2,(H2,17,18)/p+1. The van der Waals surface area contributed by atoms with Crippen molar-refractivity contribution in [2.24, 2.45) is 0 Å². The fraction of sp³-hybridized carbons (Fsp3) is 0.500. The van der Waals surface area contributed by atoms with Crippen LogP contribution in [0.1, 0.15) is 33.6 Å². The highest BCUT2D eigenvalue weighted by Crippen LogP contribution is 2.35. The van der Waals surface area contributed by atoms with Crippen LogP contribution in [0.2, 0.25) is 0 Å². The lowest BCUT2D eigenvalue weighted by molar-refractivity contribution is -0.323. The van der Waals surface area contributed by atoms with Crippen molar-refractivity contribution in [3.8, 4) is 0 Å². The van der Waals surface area contributed by atoms with Crippen LogP contribution in [0.3, 0.4) is 0 Å². The maximum Gasteiger partial charge on any atom is 0.284 e. The van der Waals surface area contributed by atoms with Crippen LogP contribution in [0.25, 0.3) is 10.2 Å². The van der Waals surface area contributed by atoms with Crippen molar-refractivity contribution in [3.05, 3.63) is 22.1 Å². The van der Waals surface area contributed by atoms with Crippen molar-refractivity contribution in [3.63, 3.8) is 0 Å². The zero-order chi connectivity index (χ0) is 15.1. The third-order valence-electron chi connectivity index (χ3n) is 4.57. The summed E-state index contributed by atoms with van der Waals surface area (Å²) in [5.41, 5.74) is 8.14. The Morgan fingerprint density at radius 3 is 2.86 bits per heavy atom. The molecule has 22 heavy (non-hydrogen) atoms. The molecule has 116 valence electrons. The summed E-state index contributed by atoms with van der Waals surface area (Å²) >= 11 is 1.79. The van der Waals surface area contributed by atoms with Crippen molar-refractivity contribution in [1.29, 1.82) is 0 Å². The summed E-state index contributed by atoms with van der Waals surface area (Å²) in [6, 6.07) is 2.00. The fourth-order valence-corrected chi connectivity index (χ4v) is 4.64. The number of rotatable bonds is 1. The van der Waals surface area contributed by atoms with Gasteiger partial charge in [0.2, 0.25) is 0 Å². The van der Waals surface area contributed by atoms with Crippen LogP contribution in [-0.4, -0.2) is 37.1 Å². The van der Waals surface area contributed by atoms with Gasteiger partial charge in [-0.3, -0.25) is 10.5 Å². The van der Waals surface area contributed by atoms with E-state index in [1.54, 1.807) is 11.3 Å². The SMILES string of the molecule is Nc1[nH+]c2sc3c(c2cc1C(=O)N1CCOCC1)CCCC3. The van der Waals surface area contributed by atoms with Gasteiger partial charge in [-0.15, -0.1) is 0 Å². The van der Waals surface area contributed by atoms with Crippen molar-refractivity contribution in [2.75, 3.05) is 32.0 Å². The minimum atomic E-state index is 0.00899. The molecule has 0 radical (unpaired) electrons. The van der Waals surface area contributed by atoms with E-state index in [1.165, 1.54) is 28.7 Å². The topological polar surface area (TPSA) is 69.7 Å². The molecular formula is C16H20N3O2S+. The van der Waals surface area contributed by atoms with E-state index in [0.717, 1.165) is 17.7 Å². The highest BCUT2D eigenvalue weighted by Gasteiger charge is 2.26. The van der Waals surface area contributed by atoms with Gasteiger partial charge in [-0.05, 0) is 37.3 Å². The molecule has 5 nitrogen and oxygen atoms in total. The number of nitrogens with one attached hydrogen (secondary N) is 1. The second-order valence-corrected chi connectivity index (χ2v) is 7.06. The van der Waals surface area contributed by atoms with Crippen molar-refractivity contribution in [1.82, 2.24) is 4.90 Å². The van der Waals surface area contributed by atoms with Crippen LogP contribution in [0.15, 0.2) is 6.07 Å². The predicted molar refractivity (Wildman–Crippen MR) is 86.2 cm³/mol. The number of carbonyl (C=O) groups is 1. The number of fused-ring (bicyclic) bond motifs is 3. The van der Waals surface area contributed by atoms with Crippen LogP contribution in [0.5, 0.6) is 0 Å². The Hall–Kier alpha value is -1.66. The van der Waals surface area contributed by atoms with E-state index in [9.17, 15) is 4.79 Å². The highest BCUT2D eigenvalue weighted by molar-refractivity contribution is 7.18. The number of morpholine rings is 1. The fourth-order valence-electron chi connectivity index (χ4n) is 3.36. The molecule has 2 aromatic heterocycles. The number of H-pyrrole nitrogens is 1. The molecule has 0 spiro atoms. The monoisotopic (exact) mass is 318 g/mol. The summed E-state index contributed by atoms with van der Waals surface area (Å²) in [5.74, 6) is 0.484. The van der Waals surface area contributed by atoms with Gasteiger partial charge in [0.05, 0.1) is 13.2 Å². The summed E-state index contributed by atoms with van der Waals surface area (Å²) in [4.78, 5) is 20.4. The number of ether oxygens (including phenoxy) is 1. The van der Waals surface area contributed by atoms with E-state index in [4.69, 9.17) is 10.5 Å². The number of hydrogen-bond acceptors (Lipinski definition) is 4. The summed E-state index contributed by atoms with van der Waals surface area (Å²) < 4.78 is 5.32. The lowest BCUT2D eigenvalue weighted by Gasteiger charge is -2.26. The van der Waals surface area contributed by atoms with E-state index < -0.39 is 0 Å². The Morgan fingerprint density at radius 1 is 1.27 bits per heavy atom. The Balaban J connectivity index is 1.77. The highest BCUT2D eigenvalue weighted by atomic mass is 32.1. The zero-order valence-electron chi connectivity index (χ0n) is 12.5. The summed E-state index contributed by atoms with van der Waals surface area (Å²) in [6.45, 7) is 2.48. The molecule has 2 aliphatic rings. The maximum absolute atomic E-state index is 12.7. The number of aromatic nitrogens is 1. The van der Waals surface area contributed by atoms with E-state index in [0.29, 0.717) is 37.7 Å². The summed E-state index contributed by atoms with van der Waals surface area (Å²) in [7, 11) is 0. The molecule has 3 N–H and O–H groups in total. The third-order valence-corrected chi connectivity index (χ3v) is 5.79. The quantitative estimate of drug-likeness (QED) is 0.869. The molecule has 0 saturated carbocycles. The molecule has 0 aromatic carbocycles. The van der Waals surface area contributed by atoms with Gasteiger partial charge >= 0.3 is 0 Å². The number of anilines is 1. The molecular weight excluding hydrogens is 298 g/mol. The molecule has 1 aliphatic heterocycles. The van der Waals surface area contributed by atoms with Crippen molar-refractivity contribution >= 4 is 33.3 Å². The molecule has 1 fully saturated rings. The second-order valence-electron chi connectivity index (χ2n) is 5.95. The Labute approximate surface area is 133 Å². The first-order valence-corrected chi connectivity index (χ1v) is 8.69. The Kier molecular flexibility index (Phi) is 3.50. The van der Waals surface area contributed by atoms with Crippen molar-refractivity contribution in [2.45, 2.75) is 25.7 Å². The van der Waals surface area contributed by atoms with Crippen molar-refractivity contribution < 1.29 is 14.5 Å². The average molecular weight is 318 g/mol. The van der Waals surface area contributed by atoms with Crippen LogP contribution in [0, 0.1) is 0 Å². The smallest absolute Gasteiger partial charge is 0.284 e. The second kappa shape index (κ2) is 5.52. The summed E-state index contributed by atoms with van der Waals surface area (Å²) in [5, 5.41) is 1.19. The van der Waals surface area contributed by atoms with Crippen LogP contribution in [-0.2, 0) is 17.6 Å². The molecule has 0 unspecified atom stereocenters. The molecule has 0 bridgehead atoms. The number of nitrogen functional groups attached to an aromatic ring is 1. The minimum absolute atomic E-state index is 0.00899. The first-order chi connectivity index (χ1) is 10.7. The van der Waals surface area contributed by atoms with Gasteiger partial charge in [0.15, 0.2) is 4.83 Å². The first-order valence-electron chi connectivity index (χ1n) is 7.87. The Morgan fingerprint density at radius 2 is 2.05 bits per heavy atom. The van der Waals surface area contributed by atoms with E-state index in [-0.39, 0.29) is 5.91 Å². The lowest BCUT2D eigenvalue weighted by atomic mass is 9.96. The molecule has 0 atom stereocenters. The number of aromatic amines is 1. The lowest BCUT2D eigenvalue weighted by Crippen LogP contribution is -2.41. The molecule has 1 saturated heterocycles. The minimum Gasteiger partial charge on any atom is -0.378 e. The number of nitrogens with two attached hydrogens (primary N) is 1. The number of carbonyl (C=O) groups excluding carboxylic acids is 1. The zero-order valence-corrected chi connectivity index (χ0v) is 13.3. The first kappa shape index (κ1) is 14.0. The molecule has 6 heteroatoms. The van der Waals surface area contributed by atoms with Gasteiger partial charge in [-0.1, -0.05) is 11.3 Å². The number of amides is 1. The summed E-state index contributed by atoms with van der Waals surface area (Å²) in [6.07, 6.45) is 4.75. The maximum atomic E-state index is 12.7. The number of pyridine rings is 1. The average Bonchev–Trinajstić information content (AvgIpc) is 2.91. The van der Waals surface area contributed by atoms with E-state index in [1.807, 2.05) is 11.0 Å². The largest absolute Gasteiger partial charge is 0.378 e. The molecule has 1 aliphatic carbocycles. The van der Waals surface area contributed by atoms with Gasteiger partial charge in [-0.25, -0.2) is 4.98 Å². The molecule has 4 rings (SSSR count). The molecule has 2 aromatic rings. The number of thiophene rings is 1. The number of nitrogens with zero attached hydrogens (tertiary/aromatic N) is 1. The van der Waals surface area contributed by atoms with Crippen LogP contribution in [0.4, 0.5) is 5.82 Å². The van der Waals surface area contributed by atoms with Gasteiger partial charge < -0.3 is 9.64 Å². The van der Waals surface area contributed by atoms with Crippen LogP contribution >= 0.6 is 11.3 Å². The molecule has 1 amide bonds. The molecule has 3 heterocycles. The van der Waals surface area contributed by atoms with Gasteiger partial charge in [0, 0.05) is 23.4 Å². The Bertz CT molecular complexity index is 735. The number of hydrogen-bond donors (Lipinski definition) is 1. The third kappa shape index (κ3) is 2.27. The number of aryl methyl sites for hydroxylation is 2. The van der Waals surface area contributed by atoms with E-state index in [2.05, 4.69) is 4.98 Å². The normalized spacial score (nSPS) is 18.5. The van der Waals surface area contributed by atoms with Gasteiger partial charge in [0.1, 0.15) is 5.56 Å². The van der Waals surface area contributed by atoms with E-state index >= 15 is 0 Å². The van der Waals surface area contributed by atoms with Gasteiger partial charge in [-0.2, -0.15) is 0 Å². The predicted octanol–water partition coefficient (Wildman–Crippen LogP) is 1.65. The van der Waals surface area contributed by atoms with Crippen LogP contribution < -0.4 is 10.7 Å². The van der Waals surface area contributed by atoms with Gasteiger partial charge in [0.25, 0.3) is 11.7 Å².